The van der Waals surface area contributed by atoms with Gasteiger partial charge in [-0.15, -0.1) is 0 Å². The van der Waals surface area contributed by atoms with Crippen LogP contribution in [0.2, 0.25) is 5.15 Å². The number of fused-ring (bicyclic) bond motifs is 2. The predicted molar refractivity (Wildman–Crippen MR) is 87.8 cm³/mol. The van der Waals surface area contributed by atoms with Crippen LogP contribution >= 0.6 is 11.6 Å². The molecule has 1 aromatic rings. The highest BCUT2D eigenvalue weighted by molar-refractivity contribution is 6.30. The minimum atomic E-state index is 0.472. The van der Waals surface area contributed by atoms with Crippen LogP contribution in [-0.4, -0.2) is 16.0 Å². The normalized spacial score (nSPS) is 28.9. The average molecular weight is 308 g/mol. The molecule has 2 aliphatic rings. The number of halogens is 1. The Balaban J connectivity index is 1.74. The minimum Gasteiger partial charge on any atom is -0.367 e. The molecule has 0 aliphatic heterocycles. The van der Waals surface area contributed by atoms with E-state index in [1.807, 2.05) is 6.92 Å². The summed E-state index contributed by atoms with van der Waals surface area (Å²) in [7, 11) is 0. The van der Waals surface area contributed by atoms with Gasteiger partial charge in [0.25, 0.3) is 0 Å². The third-order valence-electron chi connectivity index (χ3n) is 5.41. The molecule has 116 valence electrons. The van der Waals surface area contributed by atoms with Gasteiger partial charge in [-0.1, -0.05) is 24.9 Å². The van der Waals surface area contributed by atoms with Gasteiger partial charge in [0.1, 0.15) is 16.8 Å². The molecular formula is C17H26ClN3. The summed E-state index contributed by atoms with van der Waals surface area (Å²) in [5.74, 6) is 4.50. The fourth-order valence-corrected chi connectivity index (χ4v) is 4.42. The molecule has 0 saturated heterocycles. The Labute approximate surface area is 132 Å². The Bertz CT molecular complexity index is 517. The summed E-state index contributed by atoms with van der Waals surface area (Å²) in [5.41, 5.74) is 0.978. The van der Waals surface area contributed by atoms with E-state index in [-0.39, 0.29) is 0 Å². The molecule has 1 aromatic heterocycles. The summed E-state index contributed by atoms with van der Waals surface area (Å²) in [5, 5.41) is 4.23. The Hall–Kier alpha value is -0.830. The van der Waals surface area contributed by atoms with Gasteiger partial charge in [-0.2, -0.15) is 0 Å². The zero-order valence-corrected chi connectivity index (χ0v) is 14.1. The maximum atomic E-state index is 6.27. The molecule has 2 saturated carbocycles. The topological polar surface area (TPSA) is 37.8 Å². The Morgan fingerprint density at radius 3 is 2.71 bits per heavy atom. The van der Waals surface area contributed by atoms with Crippen LogP contribution in [0.1, 0.15) is 57.3 Å². The highest BCUT2D eigenvalue weighted by atomic mass is 35.5. The summed E-state index contributed by atoms with van der Waals surface area (Å²) < 4.78 is 0. The van der Waals surface area contributed by atoms with Crippen LogP contribution in [0.15, 0.2) is 0 Å². The second-order valence-electron chi connectivity index (χ2n) is 6.93. The van der Waals surface area contributed by atoms with Crippen molar-refractivity contribution in [3.8, 4) is 0 Å². The fraction of sp³-hybridized carbons (Fsp3) is 0.765. The van der Waals surface area contributed by atoms with Crippen LogP contribution in [0.4, 0.5) is 5.82 Å². The van der Waals surface area contributed by atoms with Gasteiger partial charge in [0.15, 0.2) is 0 Å². The molecule has 0 aromatic carbocycles. The van der Waals surface area contributed by atoms with Crippen molar-refractivity contribution in [1.29, 1.82) is 0 Å². The lowest BCUT2D eigenvalue weighted by Crippen LogP contribution is -2.30. The number of aromatic nitrogens is 2. The second-order valence-corrected chi connectivity index (χ2v) is 7.28. The van der Waals surface area contributed by atoms with E-state index < -0.39 is 0 Å². The fourth-order valence-electron chi connectivity index (χ4n) is 4.24. The molecular weight excluding hydrogens is 282 g/mol. The highest BCUT2D eigenvalue weighted by Crippen LogP contribution is 2.49. The highest BCUT2D eigenvalue weighted by Gasteiger charge is 2.41. The van der Waals surface area contributed by atoms with Gasteiger partial charge in [-0.25, -0.2) is 9.97 Å². The molecule has 0 radical (unpaired) electrons. The van der Waals surface area contributed by atoms with Crippen molar-refractivity contribution in [3.05, 3.63) is 16.5 Å². The molecule has 4 unspecified atom stereocenters. The lowest BCUT2D eigenvalue weighted by atomic mass is 9.84. The van der Waals surface area contributed by atoms with Gasteiger partial charge in [0.05, 0.1) is 0 Å². The SMILES string of the molecule is CCCc1nc(Cl)c(C)c(NC(C)C2CC3CCC2C3)n1. The van der Waals surface area contributed by atoms with Crippen LogP contribution in [0.5, 0.6) is 0 Å². The molecule has 2 aliphatic carbocycles. The van der Waals surface area contributed by atoms with E-state index in [4.69, 9.17) is 11.6 Å². The van der Waals surface area contributed by atoms with Crippen LogP contribution < -0.4 is 5.32 Å². The second kappa shape index (κ2) is 6.12. The number of hydrogen-bond acceptors (Lipinski definition) is 3. The zero-order chi connectivity index (χ0) is 15.0. The van der Waals surface area contributed by atoms with Crippen molar-refractivity contribution in [2.45, 2.75) is 65.3 Å². The molecule has 2 fully saturated rings. The van der Waals surface area contributed by atoms with E-state index in [0.717, 1.165) is 47.8 Å². The maximum Gasteiger partial charge on any atom is 0.137 e. The molecule has 3 nitrogen and oxygen atoms in total. The summed E-state index contributed by atoms with van der Waals surface area (Å²) in [4.78, 5) is 9.07. The standard InChI is InChI=1S/C17H26ClN3/c1-4-5-15-20-16(18)10(2)17(21-15)19-11(3)14-9-12-6-7-13(14)8-12/h11-14H,4-9H2,1-3H3,(H,19,20,21). The van der Waals surface area contributed by atoms with Gasteiger partial charge in [0.2, 0.25) is 0 Å². The zero-order valence-electron chi connectivity index (χ0n) is 13.3. The van der Waals surface area contributed by atoms with E-state index >= 15 is 0 Å². The molecule has 0 amide bonds. The lowest BCUT2D eigenvalue weighted by Gasteiger charge is -2.29. The van der Waals surface area contributed by atoms with Gasteiger partial charge in [-0.05, 0) is 57.3 Å². The van der Waals surface area contributed by atoms with Crippen LogP contribution in [0.3, 0.4) is 0 Å². The average Bonchev–Trinajstić information content (AvgIpc) is 3.07. The van der Waals surface area contributed by atoms with Crippen molar-refractivity contribution in [2.24, 2.45) is 17.8 Å². The van der Waals surface area contributed by atoms with E-state index in [0.29, 0.717) is 11.2 Å². The maximum absolute atomic E-state index is 6.27. The molecule has 4 atom stereocenters. The summed E-state index contributed by atoms with van der Waals surface area (Å²) in [6, 6.07) is 0.472. The van der Waals surface area contributed by atoms with Gasteiger partial charge >= 0.3 is 0 Å². The summed E-state index contributed by atoms with van der Waals surface area (Å²) in [6.45, 7) is 6.45. The minimum absolute atomic E-state index is 0.472. The Morgan fingerprint density at radius 1 is 1.29 bits per heavy atom. The number of nitrogens with zero attached hydrogens (tertiary/aromatic N) is 2. The third-order valence-corrected chi connectivity index (χ3v) is 5.77. The van der Waals surface area contributed by atoms with E-state index in [1.54, 1.807) is 0 Å². The Morgan fingerprint density at radius 2 is 2.10 bits per heavy atom. The molecule has 21 heavy (non-hydrogen) atoms. The number of anilines is 1. The number of aryl methyl sites for hydroxylation is 1. The summed E-state index contributed by atoms with van der Waals surface area (Å²) in [6.07, 6.45) is 7.64. The van der Waals surface area contributed by atoms with E-state index in [2.05, 4.69) is 29.1 Å². The van der Waals surface area contributed by atoms with Gasteiger partial charge < -0.3 is 5.32 Å². The number of nitrogens with one attached hydrogen (secondary N) is 1. The first-order valence-corrected chi connectivity index (χ1v) is 8.75. The van der Waals surface area contributed by atoms with Gasteiger partial charge in [-0.3, -0.25) is 0 Å². The molecule has 1 N–H and O–H groups in total. The quantitative estimate of drug-likeness (QED) is 0.806. The van der Waals surface area contributed by atoms with Crippen LogP contribution in [0, 0.1) is 24.7 Å². The van der Waals surface area contributed by atoms with Crippen molar-refractivity contribution >= 4 is 17.4 Å². The van der Waals surface area contributed by atoms with Crippen molar-refractivity contribution in [2.75, 3.05) is 5.32 Å². The third kappa shape index (κ3) is 3.03. The van der Waals surface area contributed by atoms with Crippen LogP contribution in [0.25, 0.3) is 0 Å². The molecule has 3 rings (SSSR count). The lowest BCUT2D eigenvalue weighted by molar-refractivity contribution is 0.304. The van der Waals surface area contributed by atoms with Crippen molar-refractivity contribution < 1.29 is 0 Å². The molecule has 4 heteroatoms. The number of rotatable bonds is 5. The van der Waals surface area contributed by atoms with Crippen molar-refractivity contribution in [3.63, 3.8) is 0 Å². The van der Waals surface area contributed by atoms with E-state index in [9.17, 15) is 0 Å². The number of hydrogen-bond donors (Lipinski definition) is 1. The summed E-state index contributed by atoms with van der Waals surface area (Å²) >= 11 is 6.27. The van der Waals surface area contributed by atoms with Gasteiger partial charge in [0, 0.05) is 18.0 Å². The molecule has 2 bridgehead atoms. The predicted octanol–water partition coefficient (Wildman–Crippen LogP) is 4.63. The monoisotopic (exact) mass is 307 g/mol. The van der Waals surface area contributed by atoms with E-state index in [1.165, 1.54) is 25.7 Å². The van der Waals surface area contributed by atoms with Crippen LogP contribution in [-0.2, 0) is 6.42 Å². The first kappa shape index (κ1) is 15.1. The Kier molecular flexibility index (Phi) is 4.39. The van der Waals surface area contributed by atoms with Crippen molar-refractivity contribution in [1.82, 2.24) is 9.97 Å². The molecule has 0 spiro atoms. The molecule has 1 heterocycles. The first-order valence-electron chi connectivity index (χ1n) is 8.38. The largest absolute Gasteiger partial charge is 0.367 e. The smallest absolute Gasteiger partial charge is 0.137 e. The first-order chi connectivity index (χ1) is 10.1.